The largest absolute Gasteiger partial charge is 0.504 e. The van der Waals surface area contributed by atoms with Gasteiger partial charge in [0.1, 0.15) is 5.75 Å². The zero-order chi connectivity index (χ0) is 16.9. The number of phenolic OH excluding ortho intramolecular Hbond substituents is 1. The number of methoxy groups -OCH3 is 1. The number of carbonyl (C=O) groups is 1. The molecule has 1 amide bonds. The van der Waals surface area contributed by atoms with Crippen molar-refractivity contribution in [1.29, 1.82) is 0 Å². The Hall–Kier alpha value is -2.69. The summed E-state index contributed by atoms with van der Waals surface area (Å²) >= 11 is 0. The van der Waals surface area contributed by atoms with Gasteiger partial charge in [-0.1, -0.05) is 24.3 Å². The Labute approximate surface area is 141 Å². The molecule has 126 valence electrons. The Morgan fingerprint density at radius 2 is 1.92 bits per heavy atom. The minimum atomic E-state index is -0.203. The minimum Gasteiger partial charge on any atom is -0.504 e. The lowest BCUT2D eigenvalue weighted by Gasteiger charge is -2.19. The number of carbonyl (C=O) groups excluding carboxylic acids is 1. The number of para-hydroxylation sites is 2. The normalized spacial score (nSPS) is 14.7. The van der Waals surface area contributed by atoms with E-state index in [0.29, 0.717) is 11.7 Å². The Bertz CT molecular complexity index is 695. The average Bonchev–Trinajstić information content (AvgIpc) is 3.44. The number of hydrogen-bond donors (Lipinski definition) is 2. The molecule has 1 fully saturated rings. The smallest absolute Gasteiger partial charge is 0.258 e. The minimum absolute atomic E-state index is 0.0172. The van der Waals surface area contributed by atoms with Gasteiger partial charge >= 0.3 is 0 Å². The topological polar surface area (TPSA) is 67.8 Å². The van der Waals surface area contributed by atoms with Crippen molar-refractivity contribution in [2.45, 2.75) is 18.9 Å². The van der Waals surface area contributed by atoms with E-state index in [-0.39, 0.29) is 24.3 Å². The summed E-state index contributed by atoms with van der Waals surface area (Å²) in [6.45, 7) is -0.128. The summed E-state index contributed by atoms with van der Waals surface area (Å²) in [6.07, 6.45) is 2.22. The highest BCUT2D eigenvalue weighted by Crippen LogP contribution is 2.41. The molecule has 0 bridgehead atoms. The van der Waals surface area contributed by atoms with Crippen molar-refractivity contribution in [3.63, 3.8) is 0 Å². The number of rotatable bonds is 7. The van der Waals surface area contributed by atoms with Crippen LogP contribution in [0.4, 0.5) is 0 Å². The summed E-state index contributed by atoms with van der Waals surface area (Å²) in [6, 6.07) is 14.3. The summed E-state index contributed by atoms with van der Waals surface area (Å²) in [4.78, 5) is 12.2. The monoisotopic (exact) mass is 327 g/mol. The van der Waals surface area contributed by atoms with Crippen LogP contribution >= 0.6 is 0 Å². The molecule has 0 heterocycles. The number of ether oxygens (including phenoxy) is 2. The quantitative estimate of drug-likeness (QED) is 0.820. The molecule has 1 saturated carbocycles. The van der Waals surface area contributed by atoms with Gasteiger partial charge < -0.3 is 19.9 Å². The van der Waals surface area contributed by atoms with Gasteiger partial charge in [-0.25, -0.2) is 0 Å². The highest BCUT2D eigenvalue weighted by Gasteiger charge is 2.33. The molecule has 3 rings (SSSR count). The van der Waals surface area contributed by atoms with Crippen molar-refractivity contribution in [3.8, 4) is 17.2 Å². The van der Waals surface area contributed by atoms with E-state index in [2.05, 4.69) is 5.32 Å². The van der Waals surface area contributed by atoms with E-state index in [1.807, 2.05) is 24.3 Å². The summed E-state index contributed by atoms with van der Waals surface area (Å²) < 4.78 is 10.6. The van der Waals surface area contributed by atoms with E-state index in [4.69, 9.17) is 9.47 Å². The SMILES string of the molecule is COc1ccc(C(NC(=O)COc2ccccc2O)C2CC2)cc1. The summed E-state index contributed by atoms with van der Waals surface area (Å²) in [5.41, 5.74) is 1.06. The second-order valence-corrected chi connectivity index (χ2v) is 5.91. The fraction of sp³-hybridized carbons (Fsp3) is 0.316. The van der Waals surface area contributed by atoms with Crippen molar-refractivity contribution in [2.75, 3.05) is 13.7 Å². The Morgan fingerprint density at radius 3 is 2.54 bits per heavy atom. The molecule has 0 spiro atoms. The van der Waals surface area contributed by atoms with E-state index in [1.165, 1.54) is 6.07 Å². The van der Waals surface area contributed by atoms with Gasteiger partial charge in [0.15, 0.2) is 18.1 Å². The number of hydrogen-bond acceptors (Lipinski definition) is 4. The number of phenols is 1. The van der Waals surface area contributed by atoms with E-state index in [9.17, 15) is 9.90 Å². The zero-order valence-corrected chi connectivity index (χ0v) is 13.6. The molecule has 0 aromatic heterocycles. The van der Waals surface area contributed by atoms with Gasteiger partial charge in [0.05, 0.1) is 13.2 Å². The van der Waals surface area contributed by atoms with Crippen molar-refractivity contribution in [3.05, 3.63) is 54.1 Å². The van der Waals surface area contributed by atoms with Crippen LogP contribution in [0.2, 0.25) is 0 Å². The highest BCUT2D eigenvalue weighted by atomic mass is 16.5. The second kappa shape index (κ2) is 7.25. The van der Waals surface area contributed by atoms with Crippen LogP contribution in [0.1, 0.15) is 24.4 Å². The summed E-state index contributed by atoms with van der Waals surface area (Å²) in [5, 5.41) is 12.7. The molecular formula is C19H21NO4. The van der Waals surface area contributed by atoms with Crippen LogP contribution in [0.25, 0.3) is 0 Å². The van der Waals surface area contributed by atoms with E-state index >= 15 is 0 Å². The maximum Gasteiger partial charge on any atom is 0.258 e. The summed E-state index contributed by atoms with van der Waals surface area (Å²) in [7, 11) is 1.63. The molecule has 5 nitrogen and oxygen atoms in total. The number of nitrogens with one attached hydrogen (secondary N) is 1. The predicted octanol–water partition coefficient (Wildman–Crippen LogP) is 3.05. The highest BCUT2D eigenvalue weighted by molar-refractivity contribution is 5.78. The van der Waals surface area contributed by atoms with Gasteiger partial charge in [-0.3, -0.25) is 4.79 Å². The van der Waals surface area contributed by atoms with Crippen molar-refractivity contribution >= 4 is 5.91 Å². The van der Waals surface area contributed by atoms with Gasteiger partial charge in [-0.2, -0.15) is 0 Å². The van der Waals surface area contributed by atoms with E-state index in [1.54, 1.807) is 25.3 Å². The molecule has 1 aliphatic rings. The van der Waals surface area contributed by atoms with Crippen LogP contribution in [-0.4, -0.2) is 24.7 Å². The molecule has 1 unspecified atom stereocenters. The first kappa shape index (κ1) is 16.2. The molecule has 0 aliphatic heterocycles. The molecule has 1 aliphatic carbocycles. The van der Waals surface area contributed by atoms with Gasteiger partial charge in [0.2, 0.25) is 0 Å². The van der Waals surface area contributed by atoms with Crippen LogP contribution in [0.3, 0.4) is 0 Å². The number of aromatic hydroxyl groups is 1. The van der Waals surface area contributed by atoms with Crippen LogP contribution in [0, 0.1) is 5.92 Å². The maximum atomic E-state index is 12.2. The molecular weight excluding hydrogens is 306 g/mol. The fourth-order valence-corrected chi connectivity index (χ4v) is 2.65. The molecule has 0 saturated heterocycles. The van der Waals surface area contributed by atoms with Crippen LogP contribution in [0.5, 0.6) is 17.2 Å². The standard InChI is InChI=1S/C19H21NO4/c1-23-15-10-8-14(9-11-15)19(13-6-7-13)20-18(22)12-24-17-5-3-2-4-16(17)21/h2-5,8-11,13,19,21H,6-7,12H2,1H3,(H,20,22). The first-order valence-corrected chi connectivity index (χ1v) is 8.01. The lowest BCUT2D eigenvalue weighted by atomic mass is 10.0. The van der Waals surface area contributed by atoms with Crippen LogP contribution in [0.15, 0.2) is 48.5 Å². The maximum absolute atomic E-state index is 12.2. The van der Waals surface area contributed by atoms with Crippen LogP contribution < -0.4 is 14.8 Å². The molecule has 1 atom stereocenters. The Kier molecular flexibility index (Phi) is 4.89. The van der Waals surface area contributed by atoms with E-state index < -0.39 is 0 Å². The number of amides is 1. The third-order valence-corrected chi connectivity index (χ3v) is 4.11. The average molecular weight is 327 g/mol. The lowest BCUT2D eigenvalue weighted by molar-refractivity contribution is -0.124. The van der Waals surface area contributed by atoms with Crippen molar-refractivity contribution < 1.29 is 19.4 Å². The first-order chi connectivity index (χ1) is 11.7. The molecule has 0 radical (unpaired) electrons. The second-order valence-electron chi connectivity index (χ2n) is 5.91. The molecule has 5 heteroatoms. The molecule has 24 heavy (non-hydrogen) atoms. The summed E-state index contributed by atoms with van der Waals surface area (Å²) in [5.74, 6) is 1.39. The van der Waals surface area contributed by atoms with Crippen molar-refractivity contribution in [1.82, 2.24) is 5.32 Å². The first-order valence-electron chi connectivity index (χ1n) is 8.01. The van der Waals surface area contributed by atoms with Crippen LogP contribution in [-0.2, 0) is 4.79 Å². The van der Waals surface area contributed by atoms with E-state index in [0.717, 1.165) is 24.2 Å². The van der Waals surface area contributed by atoms with Crippen molar-refractivity contribution in [2.24, 2.45) is 5.92 Å². The fourth-order valence-electron chi connectivity index (χ4n) is 2.65. The number of benzene rings is 2. The van der Waals surface area contributed by atoms with Gasteiger partial charge in [-0.15, -0.1) is 0 Å². The van der Waals surface area contributed by atoms with Gasteiger partial charge in [-0.05, 0) is 48.6 Å². The molecule has 2 aromatic carbocycles. The molecule has 2 aromatic rings. The third kappa shape index (κ3) is 3.98. The lowest BCUT2D eigenvalue weighted by Crippen LogP contribution is -2.33. The van der Waals surface area contributed by atoms with Gasteiger partial charge in [0.25, 0.3) is 5.91 Å². The van der Waals surface area contributed by atoms with Gasteiger partial charge in [0, 0.05) is 0 Å². The Morgan fingerprint density at radius 1 is 1.21 bits per heavy atom. The Balaban J connectivity index is 1.61. The predicted molar refractivity (Wildman–Crippen MR) is 90.2 cm³/mol. The molecule has 2 N–H and O–H groups in total. The zero-order valence-electron chi connectivity index (χ0n) is 13.6. The third-order valence-electron chi connectivity index (χ3n) is 4.11.